The highest BCUT2D eigenvalue weighted by Gasteiger charge is 2.35. The molecule has 3 aromatic carbocycles. The maximum atomic E-state index is 13.3. The highest BCUT2D eigenvalue weighted by molar-refractivity contribution is 7.49. The van der Waals surface area contributed by atoms with Crippen LogP contribution in [0.1, 0.15) is 11.9 Å². The standard InChI is InChI=1S/C20H19O5P/c1-22-20(17-11-5-2-6-12-17)25-26(21,23-18-13-7-3-8-14-18)24-19-15-9-4-10-16-19/h2-16,20H,1H3. The zero-order chi connectivity index (χ0) is 18.2. The van der Waals surface area contributed by atoms with Crippen LogP contribution in [0.25, 0.3) is 0 Å². The van der Waals surface area contributed by atoms with Crippen molar-refractivity contribution in [1.82, 2.24) is 0 Å². The van der Waals surface area contributed by atoms with Gasteiger partial charge >= 0.3 is 7.82 Å². The third-order valence-corrected chi connectivity index (χ3v) is 4.75. The lowest BCUT2D eigenvalue weighted by atomic mass is 10.2. The first-order chi connectivity index (χ1) is 12.7. The maximum Gasteiger partial charge on any atom is 0.590 e. The fourth-order valence-corrected chi connectivity index (χ4v) is 3.58. The molecule has 0 amide bonds. The molecule has 0 aliphatic heterocycles. The Morgan fingerprint density at radius 3 is 1.54 bits per heavy atom. The number of phosphoric acid groups is 1. The fourth-order valence-electron chi connectivity index (χ4n) is 2.25. The topological polar surface area (TPSA) is 54.0 Å². The van der Waals surface area contributed by atoms with Gasteiger partial charge in [-0.25, -0.2) is 9.09 Å². The summed E-state index contributed by atoms with van der Waals surface area (Å²) in [4.78, 5) is 0. The van der Waals surface area contributed by atoms with E-state index < -0.39 is 14.1 Å². The summed E-state index contributed by atoms with van der Waals surface area (Å²) in [5, 5.41) is 0. The van der Waals surface area contributed by atoms with Gasteiger partial charge < -0.3 is 13.8 Å². The van der Waals surface area contributed by atoms with E-state index in [1.165, 1.54) is 7.11 Å². The summed E-state index contributed by atoms with van der Waals surface area (Å²) < 4.78 is 35.6. The summed E-state index contributed by atoms with van der Waals surface area (Å²) in [6.45, 7) is 0. The number of phosphoric ester groups is 1. The van der Waals surface area contributed by atoms with E-state index in [1.54, 1.807) is 48.5 Å². The summed E-state index contributed by atoms with van der Waals surface area (Å²) >= 11 is 0. The van der Waals surface area contributed by atoms with Crippen LogP contribution < -0.4 is 9.05 Å². The summed E-state index contributed by atoms with van der Waals surface area (Å²) in [6.07, 6.45) is -0.908. The van der Waals surface area contributed by atoms with Gasteiger partial charge in [0.05, 0.1) is 0 Å². The molecule has 0 bridgehead atoms. The van der Waals surface area contributed by atoms with Crippen LogP contribution in [0.4, 0.5) is 0 Å². The molecule has 0 saturated heterocycles. The van der Waals surface area contributed by atoms with Crippen LogP contribution in [0.2, 0.25) is 0 Å². The molecule has 3 aromatic rings. The largest absolute Gasteiger partial charge is 0.590 e. The number of rotatable bonds is 8. The Morgan fingerprint density at radius 2 is 1.12 bits per heavy atom. The lowest BCUT2D eigenvalue weighted by molar-refractivity contribution is -0.0687. The molecule has 1 unspecified atom stereocenters. The minimum absolute atomic E-state index is 0.370. The summed E-state index contributed by atoms with van der Waals surface area (Å²) in [7, 11) is -2.56. The zero-order valence-electron chi connectivity index (χ0n) is 14.2. The van der Waals surface area contributed by atoms with E-state index in [1.807, 2.05) is 42.5 Å². The molecule has 0 aromatic heterocycles. The highest BCUT2D eigenvalue weighted by atomic mass is 31.2. The minimum Gasteiger partial charge on any atom is -0.395 e. The lowest BCUT2D eigenvalue weighted by Gasteiger charge is -2.23. The van der Waals surface area contributed by atoms with E-state index in [0.717, 1.165) is 0 Å². The van der Waals surface area contributed by atoms with E-state index in [0.29, 0.717) is 17.1 Å². The van der Waals surface area contributed by atoms with Crippen molar-refractivity contribution >= 4 is 7.82 Å². The van der Waals surface area contributed by atoms with Crippen molar-refractivity contribution in [3.05, 3.63) is 96.6 Å². The van der Waals surface area contributed by atoms with Gasteiger partial charge in [0.2, 0.25) is 0 Å². The first kappa shape index (κ1) is 18.2. The van der Waals surface area contributed by atoms with Crippen molar-refractivity contribution in [3.63, 3.8) is 0 Å². The van der Waals surface area contributed by atoms with Crippen LogP contribution >= 0.6 is 7.82 Å². The number of methoxy groups -OCH3 is 1. The van der Waals surface area contributed by atoms with Crippen molar-refractivity contribution in [2.75, 3.05) is 7.11 Å². The Bertz CT molecular complexity index is 794. The Hall–Kier alpha value is -2.59. The fraction of sp³-hybridized carbons (Fsp3) is 0.100. The van der Waals surface area contributed by atoms with Gasteiger partial charge in [0.15, 0.2) is 6.29 Å². The van der Waals surface area contributed by atoms with Gasteiger partial charge in [0.1, 0.15) is 11.5 Å². The van der Waals surface area contributed by atoms with Crippen molar-refractivity contribution < 1.29 is 22.9 Å². The molecule has 134 valence electrons. The van der Waals surface area contributed by atoms with E-state index >= 15 is 0 Å². The molecule has 5 nitrogen and oxygen atoms in total. The molecule has 26 heavy (non-hydrogen) atoms. The molecule has 0 heterocycles. The van der Waals surface area contributed by atoms with Gasteiger partial charge in [0.25, 0.3) is 0 Å². The van der Waals surface area contributed by atoms with Gasteiger partial charge in [-0.05, 0) is 24.3 Å². The van der Waals surface area contributed by atoms with Crippen LogP contribution in [-0.4, -0.2) is 7.11 Å². The predicted octanol–water partition coefficient (Wildman–Crippen LogP) is 5.61. The average molecular weight is 370 g/mol. The van der Waals surface area contributed by atoms with Gasteiger partial charge in [-0.15, -0.1) is 0 Å². The number of hydrogen-bond donors (Lipinski definition) is 0. The second-order valence-electron chi connectivity index (χ2n) is 5.34. The third kappa shape index (κ3) is 4.96. The molecule has 0 aliphatic carbocycles. The summed E-state index contributed by atoms with van der Waals surface area (Å²) in [5.74, 6) is 0.740. The van der Waals surface area contributed by atoms with Crippen molar-refractivity contribution in [2.45, 2.75) is 6.29 Å². The van der Waals surface area contributed by atoms with Gasteiger partial charge in [0, 0.05) is 12.7 Å². The molecule has 3 rings (SSSR count). The Labute approximate surface area is 152 Å². The smallest absolute Gasteiger partial charge is 0.395 e. The third-order valence-electron chi connectivity index (χ3n) is 3.43. The van der Waals surface area contributed by atoms with E-state index in [-0.39, 0.29) is 0 Å². The van der Waals surface area contributed by atoms with E-state index in [4.69, 9.17) is 18.3 Å². The molecule has 1 atom stereocenters. The van der Waals surface area contributed by atoms with E-state index in [2.05, 4.69) is 0 Å². The van der Waals surface area contributed by atoms with Crippen molar-refractivity contribution in [2.24, 2.45) is 0 Å². The Morgan fingerprint density at radius 1 is 0.692 bits per heavy atom. The average Bonchev–Trinajstić information content (AvgIpc) is 2.68. The normalized spacial score (nSPS) is 12.3. The lowest BCUT2D eigenvalue weighted by Crippen LogP contribution is -2.11. The van der Waals surface area contributed by atoms with Crippen LogP contribution in [0.15, 0.2) is 91.0 Å². The number of hydrogen-bond acceptors (Lipinski definition) is 5. The molecular weight excluding hydrogens is 351 g/mol. The van der Waals surface area contributed by atoms with Gasteiger partial charge in [-0.3, -0.25) is 0 Å². The first-order valence-electron chi connectivity index (χ1n) is 8.04. The molecule has 0 saturated carbocycles. The van der Waals surface area contributed by atoms with Crippen LogP contribution in [0, 0.1) is 0 Å². The molecule has 0 fully saturated rings. The molecule has 6 heteroatoms. The molecule has 0 radical (unpaired) electrons. The predicted molar refractivity (Wildman–Crippen MR) is 99.0 cm³/mol. The van der Waals surface area contributed by atoms with Crippen LogP contribution in [0.3, 0.4) is 0 Å². The molecule has 0 aliphatic rings. The number of ether oxygens (including phenoxy) is 1. The molecular formula is C20H19O5P. The second kappa shape index (κ2) is 8.68. The quantitative estimate of drug-likeness (QED) is 0.381. The van der Waals surface area contributed by atoms with Crippen LogP contribution in [-0.2, 0) is 13.8 Å². The minimum atomic E-state index is -4.03. The monoisotopic (exact) mass is 370 g/mol. The maximum absolute atomic E-state index is 13.3. The van der Waals surface area contributed by atoms with Crippen LogP contribution in [0.5, 0.6) is 11.5 Å². The highest BCUT2D eigenvalue weighted by Crippen LogP contribution is 2.53. The summed E-state index contributed by atoms with van der Waals surface area (Å²) in [6, 6.07) is 26.6. The SMILES string of the molecule is COC(OP(=O)(Oc1ccccc1)Oc1ccccc1)c1ccccc1. The molecule has 0 spiro atoms. The molecule has 0 N–H and O–H groups in total. The Kier molecular flexibility index (Phi) is 6.08. The second-order valence-corrected chi connectivity index (χ2v) is 6.81. The zero-order valence-corrected chi connectivity index (χ0v) is 15.1. The number of benzene rings is 3. The van der Waals surface area contributed by atoms with Crippen molar-refractivity contribution in [3.8, 4) is 11.5 Å². The van der Waals surface area contributed by atoms with Gasteiger partial charge in [-0.1, -0.05) is 66.7 Å². The summed E-state index contributed by atoms with van der Waals surface area (Å²) in [5.41, 5.74) is 0.698. The van der Waals surface area contributed by atoms with E-state index in [9.17, 15) is 4.57 Å². The Balaban J connectivity index is 1.87. The first-order valence-corrected chi connectivity index (χ1v) is 9.50. The number of para-hydroxylation sites is 2. The van der Waals surface area contributed by atoms with Gasteiger partial charge in [-0.2, -0.15) is 0 Å². The van der Waals surface area contributed by atoms with Crippen molar-refractivity contribution in [1.29, 1.82) is 0 Å².